The highest BCUT2D eigenvalue weighted by Crippen LogP contribution is 2.32. The fourth-order valence-corrected chi connectivity index (χ4v) is 1.96. The zero-order valence-electron chi connectivity index (χ0n) is 12.5. The average Bonchev–Trinajstić information content (AvgIpc) is 3.03. The summed E-state index contributed by atoms with van der Waals surface area (Å²) in [6.07, 6.45) is 6.09. The van der Waals surface area contributed by atoms with Crippen LogP contribution in [0.5, 0.6) is 17.5 Å². The van der Waals surface area contributed by atoms with Crippen molar-refractivity contribution in [3.63, 3.8) is 0 Å². The van der Waals surface area contributed by atoms with Crippen molar-refractivity contribution >= 4 is 17.7 Å². The van der Waals surface area contributed by atoms with Crippen molar-refractivity contribution < 1.29 is 19.0 Å². The molecule has 23 heavy (non-hydrogen) atoms. The Bertz CT molecular complexity index is 729. The van der Waals surface area contributed by atoms with Crippen LogP contribution < -0.4 is 19.5 Å². The fraction of sp³-hybridized carbons (Fsp3) is 0.188. The van der Waals surface area contributed by atoms with Crippen LogP contribution in [0.1, 0.15) is 12.5 Å². The van der Waals surface area contributed by atoms with Crippen LogP contribution in [0, 0.1) is 0 Å². The minimum atomic E-state index is -0.282. The van der Waals surface area contributed by atoms with Crippen LogP contribution in [0.25, 0.3) is 6.08 Å². The molecule has 3 rings (SSSR count). The molecule has 1 amide bonds. The molecule has 0 saturated carbocycles. The number of aromatic nitrogens is 2. The molecule has 2 aromatic rings. The summed E-state index contributed by atoms with van der Waals surface area (Å²) in [5.41, 5.74) is 1.33. The van der Waals surface area contributed by atoms with Gasteiger partial charge in [-0.2, -0.15) is 0 Å². The van der Waals surface area contributed by atoms with E-state index in [2.05, 4.69) is 15.3 Å². The molecule has 0 fully saturated rings. The zero-order valence-corrected chi connectivity index (χ0v) is 12.5. The van der Waals surface area contributed by atoms with Gasteiger partial charge in [0.2, 0.25) is 12.7 Å². The topological polar surface area (TPSA) is 82.6 Å². The highest BCUT2D eigenvalue weighted by Gasteiger charge is 2.12. The van der Waals surface area contributed by atoms with E-state index < -0.39 is 0 Å². The molecule has 0 aliphatic carbocycles. The lowest BCUT2D eigenvalue weighted by molar-refractivity contribution is -0.111. The van der Waals surface area contributed by atoms with E-state index in [1.807, 2.05) is 19.1 Å². The molecule has 1 aliphatic rings. The number of anilines is 1. The maximum absolute atomic E-state index is 11.9. The SMILES string of the molecule is CCOc1ncc(NC(=O)/C=C/c2ccc3c(c2)OCO3)cn1. The van der Waals surface area contributed by atoms with Crippen LogP contribution >= 0.6 is 0 Å². The maximum atomic E-state index is 11.9. The smallest absolute Gasteiger partial charge is 0.316 e. The highest BCUT2D eigenvalue weighted by atomic mass is 16.7. The van der Waals surface area contributed by atoms with Crippen molar-refractivity contribution in [1.29, 1.82) is 0 Å². The average molecular weight is 313 g/mol. The van der Waals surface area contributed by atoms with Crippen molar-refractivity contribution in [1.82, 2.24) is 9.97 Å². The van der Waals surface area contributed by atoms with Gasteiger partial charge in [-0.1, -0.05) is 6.07 Å². The van der Waals surface area contributed by atoms with Gasteiger partial charge in [0.05, 0.1) is 24.7 Å². The second-order valence-corrected chi connectivity index (χ2v) is 4.62. The summed E-state index contributed by atoms with van der Waals surface area (Å²) in [5, 5.41) is 2.67. The van der Waals surface area contributed by atoms with E-state index >= 15 is 0 Å². The van der Waals surface area contributed by atoms with Crippen LogP contribution in [-0.4, -0.2) is 29.3 Å². The van der Waals surface area contributed by atoms with E-state index in [9.17, 15) is 4.79 Å². The van der Waals surface area contributed by atoms with Crippen molar-refractivity contribution in [3.8, 4) is 17.5 Å². The summed E-state index contributed by atoms with van der Waals surface area (Å²) in [5.74, 6) is 1.10. The van der Waals surface area contributed by atoms with Crippen molar-refractivity contribution in [2.24, 2.45) is 0 Å². The van der Waals surface area contributed by atoms with Crippen molar-refractivity contribution in [2.45, 2.75) is 6.92 Å². The molecule has 0 spiro atoms. The van der Waals surface area contributed by atoms with E-state index in [0.717, 1.165) is 5.56 Å². The largest absolute Gasteiger partial charge is 0.464 e. The summed E-state index contributed by atoms with van der Waals surface area (Å²) in [7, 11) is 0. The number of amides is 1. The van der Waals surface area contributed by atoms with Crippen molar-refractivity contribution in [3.05, 3.63) is 42.2 Å². The number of carbonyl (C=O) groups is 1. The van der Waals surface area contributed by atoms with E-state index in [1.54, 1.807) is 12.1 Å². The Hall–Kier alpha value is -3.09. The molecule has 7 heteroatoms. The van der Waals surface area contributed by atoms with Gasteiger partial charge in [-0.25, -0.2) is 9.97 Å². The normalized spacial score (nSPS) is 12.4. The minimum absolute atomic E-state index is 0.223. The van der Waals surface area contributed by atoms with Gasteiger partial charge in [0.1, 0.15) is 0 Å². The number of nitrogens with zero attached hydrogens (tertiary/aromatic N) is 2. The number of ether oxygens (including phenoxy) is 3. The number of hydrogen-bond donors (Lipinski definition) is 1. The third-order valence-corrected chi connectivity index (χ3v) is 2.99. The van der Waals surface area contributed by atoms with Gasteiger partial charge in [-0.05, 0) is 30.7 Å². The predicted molar refractivity (Wildman–Crippen MR) is 83.4 cm³/mol. The van der Waals surface area contributed by atoms with Crippen LogP contribution in [0.4, 0.5) is 5.69 Å². The Morgan fingerprint density at radius 1 is 1.30 bits per heavy atom. The minimum Gasteiger partial charge on any atom is -0.464 e. The third-order valence-electron chi connectivity index (χ3n) is 2.99. The Morgan fingerprint density at radius 3 is 2.87 bits per heavy atom. The Labute approximate surface area is 132 Å². The van der Waals surface area contributed by atoms with Crippen LogP contribution in [0.3, 0.4) is 0 Å². The Morgan fingerprint density at radius 2 is 2.09 bits per heavy atom. The molecule has 1 aliphatic heterocycles. The first-order valence-corrected chi connectivity index (χ1v) is 7.08. The van der Waals surface area contributed by atoms with Crippen LogP contribution in [0.2, 0.25) is 0 Å². The lowest BCUT2D eigenvalue weighted by atomic mass is 10.2. The first-order chi connectivity index (χ1) is 11.2. The van der Waals surface area contributed by atoms with Crippen molar-refractivity contribution in [2.75, 3.05) is 18.7 Å². The standard InChI is InChI=1S/C16H15N3O4/c1-2-21-16-17-8-12(9-18-16)19-15(20)6-4-11-3-5-13-14(7-11)23-10-22-13/h3-9H,2,10H2,1H3,(H,19,20)/b6-4+. The molecular formula is C16H15N3O4. The molecule has 7 nitrogen and oxygen atoms in total. The molecule has 0 saturated heterocycles. The maximum Gasteiger partial charge on any atom is 0.316 e. The molecule has 2 heterocycles. The molecule has 1 N–H and O–H groups in total. The first kappa shape index (κ1) is 14.8. The quantitative estimate of drug-likeness (QED) is 0.853. The highest BCUT2D eigenvalue weighted by molar-refractivity contribution is 6.01. The van der Waals surface area contributed by atoms with Gasteiger partial charge >= 0.3 is 6.01 Å². The second kappa shape index (κ2) is 6.78. The number of fused-ring (bicyclic) bond motifs is 1. The molecule has 0 unspecified atom stereocenters. The summed E-state index contributed by atoms with van der Waals surface area (Å²) >= 11 is 0. The second-order valence-electron chi connectivity index (χ2n) is 4.62. The van der Waals surface area contributed by atoms with Crippen LogP contribution in [-0.2, 0) is 4.79 Å². The number of rotatable bonds is 5. The summed E-state index contributed by atoms with van der Waals surface area (Å²) in [6, 6.07) is 5.74. The monoisotopic (exact) mass is 313 g/mol. The zero-order chi connectivity index (χ0) is 16.1. The van der Waals surface area contributed by atoms with Gasteiger partial charge < -0.3 is 19.5 Å². The van der Waals surface area contributed by atoms with Gasteiger partial charge in [-0.3, -0.25) is 4.79 Å². The molecule has 1 aromatic heterocycles. The number of carbonyl (C=O) groups excluding carboxylic acids is 1. The lowest BCUT2D eigenvalue weighted by Crippen LogP contribution is -2.08. The summed E-state index contributed by atoms with van der Waals surface area (Å²) in [6.45, 7) is 2.56. The molecular weight excluding hydrogens is 298 g/mol. The number of benzene rings is 1. The predicted octanol–water partition coefficient (Wildman–Crippen LogP) is 2.26. The van der Waals surface area contributed by atoms with E-state index in [1.165, 1.54) is 18.5 Å². The molecule has 0 atom stereocenters. The number of hydrogen-bond acceptors (Lipinski definition) is 6. The van der Waals surface area contributed by atoms with Gasteiger partial charge in [-0.15, -0.1) is 0 Å². The first-order valence-electron chi connectivity index (χ1n) is 7.08. The number of nitrogens with one attached hydrogen (secondary N) is 1. The van der Waals surface area contributed by atoms with Gasteiger partial charge in [0.25, 0.3) is 0 Å². The fourth-order valence-electron chi connectivity index (χ4n) is 1.96. The molecule has 118 valence electrons. The Balaban J connectivity index is 1.60. The lowest BCUT2D eigenvalue weighted by Gasteiger charge is -2.03. The van der Waals surface area contributed by atoms with Crippen LogP contribution in [0.15, 0.2) is 36.7 Å². The van der Waals surface area contributed by atoms with Gasteiger partial charge in [0.15, 0.2) is 11.5 Å². The van der Waals surface area contributed by atoms with E-state index in [0.29, 0.717) is 23.8 Å². The molecule has 0 bridgehead atoms. The molecule has 0 radical (unpaired) electrons. The summed E-state index contributed by atoms with van der Waals surface area (Å²) < 4.78 is 15.7. The summed E-state index contributed by atoms with van der Waals surface area (Å²) in [4.78, 5) is 19.8. The van der Waals surface area contributed by atoms with Gasteiger partial charge in [0, 0.05) is 6.08 Å². The third kappa shape index (κ3) is 3.76. The Kier molecular flexibility index (Phi) is 4.37. The molecule has 1 aromatic carbocycles. The van der Waals surface area contributed by atoms with E-state index in [-0.39, 0.29) is 18.7 Å². The van der Waals surface area contributed by atoms with E-state index in [4.69, 9.17) is 14.2 Å².